The quantitative estimate of drug-likeness (QED) is 0.711. The molecular formula is C10H8BrF3O. The van der Waals surface area contributed by atoms with Crippen molar-refractivity contribution < 1.29 is 18.0 Å². The number of halogens is 4. The molecule has 0 spiro atoms. The fourth-order valence-corrected chi connectivity index (χ4v) is 2.13. The fourth-order valence-electron chi connectivity index (χ4n) is 1.42. The number of rotatable bonds is 1. The molecule has 1 rings (SSSR count). The second-order valence-electron chi connectivity index (χ2n) is 3.15. The molecule has 0 aromatic heterocycles. The largest absolute Gasteiger partial charge is 0.416 e. The van der Waals surface area contributed by atoms with Crippen molar-refractivity contribution in [2.24, 2.45) is 0 Å². The van der Waals surface area contributed by atoms with E-state index in [1.807, 2.05) is 0 Å². The van der Waals surface area contributed by atoms with Gasteiger partial charge in [-0.15, -0.1) is 0 Å². The zero-order chi connectivity index (χ0) is 11.8. The average Bonchev–Trinajstić information content (AvgIpc) is 2.00. The maximum absolute atomic E-state index is 12.5. The van der Waals surface area contributed by atoms with Crippen molar-refractivity contribution in [2.75, 3.05) is 0 Å². The van der Waals surface area contributed by atoms with Gasteiger partial charge in [-0.1, -0.05) is 15.9 Å². The predicted molar refractivity (Wildman–Crippen MR) is 53.9 cm³/mol. The predicted octanol–water partition coefficient (Wildman–Crippen LogP) is 3.98. The molecule has 0 aliphatic heterocycles. The van der Waals surface area contributed by atoms with Gasteiger partial charge < -0.3 is 0 Å². The lowest BCUT2D eigenvalue weighted by atomic mass is 9.99. The van der Waals surface area contributed by atoms with Crippen LogP contribution in [0.3, 0.4) is 0 Å². The van der Waals surface area contributed by atoms with Crippen LogP contribution in [0.5, 0.6) is 0 Å². The summed E-state index contributed by atoms with van der Waals surface area (Å²) in [6.45, 7) is 2.54. The molecule has 0 bridgehead atoms. The Bertz CT molecular complexity index is 410. The van der Waals surface area contributed by atoms with Crippen LogP contribution >= 0.6 is 15.9 Å². The third-order valence-corrected chi connectivity index (χ3v) is 2.73. The molecule has 0 saturated heterocycles. The first kappa shape index (κ1) is 12.2. The lowest BCUT2D eigenvalue weighted by Gasteiger charge is -2.13. The molecule has 0 fully saturated rings. The van der Waals surface area contributed by atoms with Crippen LogP contribution in [-0.4, -0.2) is 5.78 Å². The molecule has 5 heteroatoms. The summed E-state index contributed by atoms with van der Waals surface area (Å²) < 4.78 is 37.9. The van der Waals surface area contributed by atoms with Crippen LogP contribution in [0.2, 0.25) is 0 Å². The van der Waals surface area contributed by atoms with E-state index in [1.54, 1.807) is 0 Å². The first-order valence-corrected chi connectivity index (χ1v) is 4.91. The summed E-state index contributed by atoms with van der Waals surface area (Å²) in [5.41, 5.74) is -0.717. The number of benzene rings is 1. The van der Waals surface area contributed by atoms with Crippen LogP contribution in [0.25, 0.3) is 0 Å². The van der Waals surface area contributed by atoms with Crippen molar-refractivity contribution in [1.29, 1.82) is 0 Å². The Labute approximate surface area is 93.4 Å². The summed E-state index contributed by atoms with van der Waals surface area (Å²) in [6, 6.07) is 2.21. The highest BCUT2D eigenvalue weighted by atomic mass is 79.9. The van der Waals surface area contributed by atoms with E-state index < -0.39 is 11.7 Å². The molecule has 0 amide bonds. The van der Waals surface area contributed by atoms with E-state index in [2.05, 4.69) is 15.9 Å². The molecule has 0 aliphatic carbocycles. The minimum atomic E-state index is -4.42. The molecule has 0 aliphatic rings. The van der Waals surface area contributed by atoms with Crippen molar-refractivity contribution in [3.8, 4) is 0 Å². The second kappa shape index (κ2) is 3.96. The van der Waals surface area contributed by atoms with Gasteiger partial charge in [0.05, 0.1) is 5.56 Å². The van der Waals surface area contributed by atoms with Gasteiger partial charge in [0.15, 0.2) is 5.78 Å². The van der Waals surface area contributed by atoms with Crippen LogP contribution in [0.15, 0.2) is 16.6 Å². The normalized spacial score (nSPS) is 11.6. The molecule has 0 saturated carbocycles. The van der Waals surface area contributed by atoms with Crippen LogP contribution in [-0.2, 0) is 6.18 Å². The summed E-state index contributed by atoms with van der Waals surface area (Å²) in [5, 5.41) is 0. The van der Waals surface area contributed by atoms with E-state index in [9.17, 15) is 18.0 Å². The Hall–Kier alpha value is -0.840. The molecule has 0 unspecified atom stereocenters. The molecule has 15 heavy (non-hydrogen) atoms. The van der Waals surface area contributed by atoms with Gasteiger partial charge in [0.1, 0.15) is 0 Å². The van der Waals surface area contributed by atoms with Gasteiger partial charge in [0.25, 0.3) is 0 Å². The number of alkyl halides is 3. The van der Waals surface area contributed by atoms with Gasteiger partial charge in [-0.3, -0.25) is 4.79 Å². The van der Waals surface area contributed by atoms with Gasteiger partial charge >= 0.3 is 6.18 Å². The van der Waals surface area contributed by atoms with E-state index >= 15 is 0 Å². The summed E-state index contributed by atoms with van der Waals surface area (Å²) in [4.78, 5) is 11.2. The molecule has 0 radical (unpaired) electrons. The third kappa shape index (κ3) is 2.40. The lowest BCUT2D eigenvalue weighted by molar-refractivity contribution is -0.138. The molecule has 1 aromatic carbocycles. The molecule has 1 nitrogen and oxygen atoms in total. The number of Topliss-reactive ketones (excluding diaryl/α,β-unsaturated/α-hetero) is 1. The zero-order valence-corrected chi connectivity index (χ0v) is 9.66. The van der Waals surface area contributed by atoms with E-state index in [1.165, 1.54) is 19.9 Å². The van der Waals surface area contributed by atoms with Crippen LogP contribution in [0, 0.1) is 6.92 Å². The van der Waals surface area contributed by atoms with Crippen molar-refractivity contribution >= 4 is 21.7 Å². The first-order valence-electron chi connectivity index (χ1n) is 4.12. The second-order valence-corrected chi connectivity index (χ2v) is 4.00. The smallest absolute Gasteiger partial charge is 0.294 e. The first-order chi connectivity index (χ1) is 6.75. The van der Waals surface area contributed by atoms with E-state index in [-0.39, 0.29) is 16.9 Å². The van der Waals surface area contributed by atoms with Gasteiger partial charge in [-0.05, 0) is 31.5 Å². The summed E-state index contributed by atoms with van der Waals surface area (Å²) >= 11 is 3.06. The van der Waals surface area contributed by atoms with Crippen molar-refractivity contribution in [1.82, 2.24) is 0 Å². The average molecular weight is 281 g/mol. The fraction of sp³-hybridized carbons (Fsp3) is 0.300. The Kier molecular flexibility index (Phi) is 3.23. The van der Waals surface area contributed by atoms with Crippen molar-refractivity contribution in [3.63, 3.8) is 0 Å². The zero-order valence-electron chi connectivity index (χ0n) is 8.07. The number of carbonyl (C=O) groups excluding carboxylic acids is 1. The van der Waals surface area contributed by atoms with Gasteiger partial charge in [0, 0.05) is 10.0 Å². The van der Waals surface area contributed by atoms with Crippen LogP contribution in [0.4, 0.5) is 13.2 Å². The van der Waals surface area contributed by atoms with Crippen LogP contribution < -0.4 is 0 Å². The Morgan fingerprint density at radius 2 is 1.87 bits per heavy atom. The maximum atomic E-state index is 12.5. The highest BCUT2D eigenvalue weighted by Gasteiger charge is 2.33. The van der Waals surface area contributed by atoms with E-state index in [0.29, 0.717) is 4.47 Å². The SMILES string of the molecule is CC(=O)c1c(Br)ccc(C(F)(F)F)c1C. The topological polar surface area (TPSA) is 17.1 Å². The highest BCUT2D eigenvalue weighted by Crippen LogP contribution is 2.35. The van der Waals surface area contributed by atoms with E-state index in [4.69, 9.17) is 0 Å². The van der Waals surface area contributed by atoms with Gasteiger partial charge in [-0.2, -0.15) is 13.2 Å². The van der Waals surface area contributed by atoms with Crippen molar-refractivity contribution in [2.45, 2.75) is 20.0 Å². The molecule has 0 atom stereocenters. The summed E-state index contributed by atoms with van der Waals surface area (Å²) in [5.74, 6) is -0.384. The number of hydrogen-bond donors (Lipinski definition) is 0. The third-order valence-electron chi connectivity index (χ3n) is 2.07. The number of carbonyl (C=O) groups is 1. The van der Waals surface area contributed by atoms with Gasteiger partial charge in [-0.25, -0.2) is 0 Å². The molecule has 0 N–H and O–H groups in total. The Morgan fingerprint density at radius 3 is 2.27 bits per heavy atom. The minimum absolute atomic E-state index is 0.0376. The van der Waals surface area contributed by atoms with Gasteiger partial charge in [0.2, 0.25) is 0 Å². The Balaban J connectivity index is 3.49. The number of ketones is 1. The standard InChI is InChI=1S/C10H8BrF3O/c1-5-7(10(12,13)14)3-4-8(11)9(5)6(2)15/h3-4H,1-2H3. The molecule has 82 valence electrons. The Morgan fingerprint density at radius 1 is 1.33 bits per heavy atom. The highest BCUT2D eigenvalue weighted by molar-refractivity contribution is 9.10. The lowest BCUT2D eigenvalue weighted by Crippen LogP contribution is -2.11. The summed E-state index contributed by atoms with van der Waals surface area (Å²) in [6.07, 6.45) is -4.42. The van der Waals surface area contributed by atoms with Crippen molar-refractivity contribution in [3.05, 3.63) is 33.3 Å². The monoisotopic (exact) mass is 280 g/mol. The molecule has 0 heterocycles. The maximum Gasteiger partial charge on any atom is 0.416 e. The summed E-state index contributed by atoms with van der Waals surface area (Å²) in [7, 11) is 0. The minimum Gasteiger partial charge on any atom is -0.294 e. The van der Waals surface area contributed by atoms with E-state index in [0.717, 1.165) is 6.07 Å². The number of hydrogen-bond acceptors (Lipinski definition) is 1. The molecule has 1 aromatic rings. The molecular weight excluding hydrogens is 273 g/mol. The van der Waals surface area contributed by atoms with Crippen LogP contribution in [0.1, 0.15) is 28.4 Å².